The van der Waals surface area contributed by atoms with Gasteiger partial charge in [-0.05, 0) is 0 Å². The van der Waals surface area contributed by atoms with Crippen LogP contribution in [0.15, 0.2) is 24.3 Å². The van der Waals surface area contributed by atoms with E-state index in [1.807, 2.05) is 12.1 Å². The van der Waals surface area contributed by atoms with E-state index in [9.17, 15) is 4.39 Å². The van der Waals surface area contributed by atoms with Crippen LogP contribution in [0.3, 0.4) is 0 Å². The summed E-state index contributed by atoms with van der Waals surface area (Å²) in [6.45, 7) is 0. The second-order valence-electron chi connectivity index (χ2n) is 1.55. The summed E-state index contributed by atoms with van der Waals surface area (Å²) in [5, 5.41) is 0. The minimum absolute atomic E-state index is 0.157. The monoisotopic (exact) mass is 256 g/mol. The predicted molar refractivity (Wildman–Crippen MR) is 38.9 cm³/mol. The standard InChI is InChI=1S/C6H5FSe2/c7-5-1-3-6(9-8)4-2-5/h1-4,8H. The van der Waals surface area contributed by atoms with Crippen molar-refractivity contribution in [2.24, 2.45) is 0 Å². The summed E-state index contributed by atoms with van der Waals surface area (Å²) >= 11 is 2.95. The molecule has 1 rings (SSSR count). The van der Waals surface area contributed by atoms with Crippen molar-refractivity contribution in [1.82, 2.24) is 0 Å². The summed E-state index contributed by atoms with van der Waals surface area (Å²) < 4.78 is 13.4. The number of halogens is 1. The molecular formula is C6H5FSe2. The van der Waals surface area contributed by atoms with Gasteiger partial charge in [0.15, 0.2) is 0 Å². The van der Waals surface area contributed by atoms with Crippen LogP contribution in [-0.2, 0) is 0 Å². The van der Waals surface area contributed by atoms with Gasteiger partial charge in [-0.25, -0.2) is 0 Å². The molecule has 0 atom stereocenters. The molecule has 0 heterocycles. The van der Waals surface area contributed by atoms with Crippen LogP contribution in [-0.4, -0.2) is 27.3 Å². The van der Waals surface area contributed by atoms with E-state index in [1.165, 1.54) is 16.6 Å². The molecule has 0 fully saturated rings. The quantitative estimate of drug-likeness (QED) is 0.617. The second-order valence-corrected chi connectivity index (χ2v) is 4.91. The van der Waals surface area contributed by atoms with Gasteiger partial charge in [-0.15, -0.1) is 0 Å². The van der Waals surface area contributed by atoms with E-state index in [2.05, 4.69) is 14.2 Å². The van der Waals surface area contributed by atoms with Gasteiger partial charge < -0.3 is 0 Å². The summed E-state index contributed by atoms with van der Waals surface area (Å²) in [6.07, 6.45) is 0. The topological polar surface area (TPSA) is 0 Å². The van der Waals surface area contributed by atoms with E-state index < -0.39 is 0 Å². The van der Waals surface area contributed by atoms with Crippen LogP contribution in [0.25, 0.3) is 0 Å². The van der Waals surface area contributed by atoms with Crippen molar-refractivity contribution >= 4 is 31.8 Å². The molecule has 0 aromatic heterocycles. The maximum absolute atomic E-state index is 12.2. The van der Waals surface area contributed by atoms with Crippen molar-refractivity contribution in [3.05, 3.63) is 30.1 Å². The Morgan fingerprint density at radius 1 is 1.22 bits per heavy atom. The SMILES string of the molecule is Fc1ccc([Se][SeH])cc1. The van der Waals surface area contributed by atoms with Gasteiger partial charge in [0, 0.05) is 0 Å². The zero-order valence-electron chi connectivity index (χ0n) is 4.54. The summed E-state index contributed by atoms with van der Waals surface area (Å²) in [5.41, 5.74) is 0. The molecule has 1 aromatic rings. The fourth-order valence-electron chi connectivity index (χ4n) is 0.495. The third kappa shape index (κ3) is 2.11. The molecule has 0 aliphatic rings. The Balaban J connectivity index is 2.88. The van der Waals surface area contributed by atoms with E-state index in [4.69, 9.17) is 0 Å². The van der Waals surface area contributed by atoms with Crippen molar-refractivity contribution in [2.75, 3.05) is 0 Å². The van der Waals surface area contributed by atoms with Gasteiger partial charge in [-0.2, -0.15) is 0 Å². The minimum atomic E-state index is -0.157. The van der Waals surface area contributed by atoms with Gasteiger partial charge in [-0.3, -0.25) is 0 Å². The number of rotatable bonds is 1. The van der Waals surface area contributed by atoms with Gasteiger partial charge in [0.25, 0.3) is 0 Å². The molecule has 0 nitrogen and oxygen atoms in total. The molecule has 48 valence electrons. The first kappa shape index (κ1) is 7.30. The Bertz CT molecular complexity index is 183. The Labute approximate surface area is 66.4 Å². The molecule has 0 amide bonds. The van der Waals surface area contributed by atoms with Crippen LogP contribution in [0.5, 0.6) is 0 Å². The Kier molecular flexibility index (Phi) is 2.74. The number of hydrogen-bond donors (Lipinski definition) is 0. The molecule has 0 aliphatic carbocycles. The van der Waals surface area contributed by atoms with Gasteiger partial charge in [0.2, 0.25) is 0 Å². The third-order valence-electron chi connectivity index (χ3n) is 0.919. The van der Waals surface area contributed by atoms with Gasteiger partial charge in [0.05, 0.1) is 0 Å². The zero-order chi connectivity index (χ0) is 6.69. The second kappa shape index (κ2) is 3.38. The molecule has 0 saturated heterocycles. The number of hydrogen-bond acceptors (Lipinski definition) is 0. The summed E-state index contributed by atoms with van der Waals surface area (Å²) in [6, 6.07) is 6.61. The Morgan fingerprint density at radius 2 is 1.78 bits per heavy atom. The first-order valence-corrected chi connectivity index (χ1v) is 8.00. The van der Waals surface area contributed by atoms with E-state index in [0.717, 1.165) is 0 Å². The van der Waals surface area contributed by atoms with Crippen LogP contribution in [0.4, 0.5) is 4.39 Å². The van der Waals surface area contributed by atoms with Crippen molar-refractivity contribution in [3.8, 4) is 0 Å². The van der Waals surface area contributed by atoms with Crippen molar-refractivity contribution < 1.29 is 4.39 Å². The van der Waals surface area contributed by atoms with Crippen molar-refractivity contribution in [2.45, 2.75) is 0 Å². The zero-order valence-corrected chi connectivity index (χ0v) is 8.13. The van der Waals surface area contributed by atoms with Crippen molar-refractivity contribution in [1.29, 1.82) is 0 Å². The molecule has 0 spiro atoms. The molecule has 9 heavy (non-hydrogen) atoms. The van der Waals surface area contributed by atoms with Crippen LogP contribution < -0.4 is 4.46 Å². The Morgan fingerprint density at radius 3 is 2.22 bits per heavy atom. The number of benzene rings is 1. The van der Waals surface area contributed by atoms with Gasteiger partial charge in [-0.1, -0.05) is 0 Å². The fraction of sp³-hybridized carbons (Fsp3) is 0. The van der Waals surface area contributed by atoms with E-state index >= 15 is 0 Å². The third-order valence-corrected chi connectivity index (χ3v) is 4.23. The molecular weight excluding hydrogens is 249 g/mol. The van der Waals surface area contributed by atoms with E-state index in [1.54, 1.807) is 0 Å². The summed E-state index contributed by atoms with van der Waals surface area (Å²) in [7, 11) is 0. The molecule has 0 unspecified atom stereocenters. The van der Waals surface area contributed by atoms with Gasteiger partial charge in [0.1, 0.15) is 0 Å². The van der Waals surface area contributed by atoms with Crippen molar-refractivity contribution in [3.63, 3.8) is 0 Å². The summed E-state index contributed by atoms with van der Waals surface area (Å²) in [5.74, 6) is -0.157. The molecule has 0 radical (unpaired) electrons. The van der Waals surface area contributed by atoms with E-state index in [0.29, 0.717) is 13.1 Å². The average molecular weight is 254 g/mol. The van der Waals surface area contributed by atoms with Gasteiger partial charge >= 0.3 is 66.3 Å². The molecule has 0 saturated carbocycles. The molecule has 3 heteroatoms. The summed E-state index contributed by atoms with van der Waals surface area (Å²) in [4.78, 5) is 0. The normalized spacial score (nSPS) is 9.56. The molecule has 1 aromatic carbocycles. The van der Waals surface area contributed by atoms with E-state index in [-0.39, 0.29) is 5.82 Å². The molecule has 0 N–H and O–H groups in total. The fourth-order valence-corrected chi connectivity index (χ4v) is 2.36. The Hall–Kier alpha value is 0.189. The van der Waals surface area contributed by atoms with Crippen LogP contribution >= 0.6 is 0 Å². The first-order chi connectivity index (χ1) is 4.33. The molecule has 0 bridgehead atoms. The predicted octanol–water partition coefficient (Wildman–Crippen LogP) is -0.0290. The van der Waals surface area contributed by atoms with Crippen LogP contribution in [0.2, 0.25) is 0 Å². The molecule has 0 aliphatic heterocycles. The first-order valence-electron chi connectivity index (χ1n) is 2.40. The van der Waals surface area contributed by atoms with Crippen LogP contribution in [0.1, 0.15) is 0 Å². The maximum atomic E-state index is 12.2. The van der Waals surface area contributed by atoms with Crippen LogP contribution in [0, 0.1) is 5.82 Å². The average Bonchev–Trinajstić information content (AvgIpc) is 1.90.